The fraction of sp³-hybridized carbons (Fsp3) is 0. The zero-order valence-electron chi connectivity index (χ0n) is 6.35. The van der Waals surface area contributed by atoms with Crippen LogP contribution in [0.15, 0.2) is 36.4 Å². The lowest BCUT2D eigenvalue weighted by Gasteiger charge is -2.01. The van der Waals surface area contributed by atoms with Crippen molar-refractivity contribution >= 4 is 5.91 Å². The molecule has 1 amide bonds. The Labute approximate surface area is 72.8 Å². The summed E-state index contributed by atoms with van der Waals surface area (Å²) in [6.07, 6.45) is 3.68. The maximum Gasteiger partial charge on any atom is 0.376 e. The molecule has 0 bridgehead atoms. The maximum absolute atomic E-state index is 10.6. The Morgan fingerprint density at radius 2 is 1.85 bits per heavy atom. The minimum atomic E-state index is -0.721. The van der Waals surface area contributed by atoms with Crippen molar-refractivity contribution in [3.05, 3.63) is 36.4 Å². The summed E-state index contributed by atoms with van der Waals surface area (Å²) in [6, 6.07) is 0. The molecule has 0 spiro atoms. The molecule has 2 aliphatic rings. The summed E-state index contributed by atoms with van der Waals surface area (Å²) in [6.45, 7) is 0. The lowest BCUT2D eigenvalue weighted by Crippen LogP contribution is -2.13. The smallest absolute Gasteiger partial charge is 0.376 e. The van der Waals surface area contributed by atoms with E-state index in [1.807, 2.05) is 0 Å². The van der Waals surface area contributed by atoms with E-state index in [4.69, 9.17) is 24.7 Å². The highest BCUT2D eigenvalue weighted by Gasteiger charge is 2.25. The van der Waals surface area contributed by atoms with Crippen molar-refractivity contribution in [2.45, 2.75) is 0 Å². The topological polar surface area (TPSA) is 80.0 Å². The Kier molecular flexibility index (Phi) is 1.59. The van der Waals surface area contributed by atoms with Crippen molar-refractivity contribution in [3.63, 3.8) is 0 Å². The number of primary amides is 1. The van der Waals surface area contributed by atoms with Crippen LogP contribution in [0.1, 0.15) is 0 Å². The molecule has 2 heterocycles. The van der Waals surface area contributed by atoms with Crippen molar-refractivity contribution in [1.82, 2.24) is 0 Å². The second-order valence-corrected chi connectivity index (χ2v) is 2.15. The molecule has 0 atom stereocenters. The van der Waals surface area contributed by atoms with Gasteiger partial charge in [0.2, 0.25) is 5.76 Å². The second kappa shape index (κ2) is 2.74. The minimum Gasteiger partial charge on any atom is -0.425 e. The third-order valence-electron chi connectivity index (χ3n) is 1.29. The van der Waals surface area contributed by atoms with Gasteiger partial charge in [-0.15, -0.1) is 0 Å². The molecular formula is C7H5NO5. The predicted molar refractivity (Wildman–Crippen MR) is 37.8 cm³/mol. The van der Waals surface area contributed by atoms with Crippen molar-refractivity contribution in [2.75, 3.05) is 0 Å². The minimum absolute atomic E-state index is 0.0347. The van der Waals surface area contributed by atoms with Gasteiger partial charge in [0.15, 0.2) is 0 Å². The normalized spacial score (nSPS) is 18.6. The van der Waals surface area contributed by atoms with Crippen LogP contribution in [0.3, 0.4) is 0 Å². The van der Waals surface area contributed by atoms with Crippen molar-refractivity contribution in [3.8, 4) is 0 Å². The van der Waals surface area contributed by atoms with Gasteiger partial charge in [0.25, 0.3) is 5.91 Å². The molecule has 6 nitrogen and oxygen atoms in total. The number of ether oxygens (including phenoxy) is 4. The summed E-state index contributed by atoms with van der Waals surface area (Å²) in [7, 11) is 0. The molecule has 2 N–H and O–H groups in total. The first kappa shape index (κ1) is 7.53. The first-order valence-electron chi connectivity index (χ1n) is 3.34. The van der Waals surface area contributed by atoms with Crippen LogP contribution < -0.4 is 5.73 Å². The monoisotopic (exact) mass is 183 g/mol. The number of rotatable bonds is 1. The summed E-state index contributed by atoms with van der Waals surface area (Å²) in [5.74, 6) is -0.825. The van der Waals surface area contributed by atoms with Crippen LogP contribution in [0.25, 0.3) is 0 Å². The van der Waals surface area contributed by atoms with Gasteiger partial charge >= 0.3 is 11.9 Å². The average Bonchev–Trinajstić information content (AvgIpc) is 2.75. The third-order valence-corrected chi connectivity index (χ3v) is 1.29. The van der Waals surface area contributed by atoms with Crippen LogP contribution in [0.2, 0.25) is 0 Å². The van der Waals surface area contributed by atoms with Gasteiger partial charge in [-0.05, 0) is 0 Å². The van der Waals surface area contributed by atoms with Gasteiger partial charge in [0.05, 0.1) is 0 Å². The summed E-state index contributed by atoms with van der Waals surface area (Å²) in [5, 5.41) is 0. The van der Waals surface area contributed by atoms with Gasteiger partial charge in [-0.2, -0.15) is 0 Å². The van der Waals surface area contributed by atoms with Gasteiger partial charge in [0, 0.05) is 0 Å². The molecule has 0 aromatic rings. The first-order chi connectivity index (χ1) is 6.27. The third kappa shape index (κ3) is 1.28. The van der Waals surface area contributed by atoms with E-state index in [1.54, 1.807) is 0 Å². The quantitative estimate of drug-likeness (QED) is 0.619. The fourth-order valence-electron chi connectivity index (χ4n) is 0.756. The Morgan fingerprint density at radius 1 is 1.15 bits per heavy atom. The average molecular weight is 183 g/mol. The SMILES string of the molecule is NC(=O)C1=COC(=C2OC=CO2)O1. The molecule has 0 aliphatic carbocycles. The number of carbonyl (C=O) groups is 1. The van der Waals surface area contributed by atoms with Crippen LogP contribution in [0.4, 0.5) is 0 Å². The van der Waals surface area contributed by atoms with E-state index >= 15 is 0 Å². The van der Waals surface area contributed by atoms with Crippen molar-refractivity contribution < 1.29 is 23.7 Å². The second-order valence-electron chi connectivity index (χ2n) is 2.15. The molecule has 68 valence electrons. The maximum atomic E-state index is 10.6. The van der Waals surface area contributed by atoms with Gasteiger partial charge < -0.3 is 24.7 Å². The molecule has 0 saturated carbocycles. The zero-order valence-corrected chi connectivity index (χ0v) is 6.35. The predicted octanol–water partition coefficient (Wildman–Crippen LogP) is 0.00450. The lowest BCUT2D eigenvalue weighted by atomic mass is 10.5. The molecule has 0 radical (unpaired) electrons. The van der Waals surface area contributed by atoms with E-state index < -0.39 is 5.91 Å². The summed E-state index contributed by atoms with van der Waals surface area (Å²) >= 11 is 0. The molecule has 0 saturated heterocycles. The zero-order chi connectivity index (χ0) is 9.26. The van der Waals surface area contributed by atoms with Gasteiger partial charge in [0.1, 0.15) is 18.8 Å². The molecule has 2 rings (SSSR count). The molecule has 0 aromatic heterocycles. The number of nitrogens with two attached hydrogens (primary N) is 1. The van der Waals surface area contributed by atoms with Gasteiger partial charge in [-0.3, -0.25) is 4.79 Å². The number of carbonyl (C=O) groups excluding carboxylic acids is 1. The van der Waals surface area contributed by atoms with Gasteiger partial charge in [-0.25, -0.2) is 0 Å². The Balaban J connectivity index is 2.10. The lowest BCUT2D eigenvalue weighted by molar-refractivity contribution is -0.117. The molecule has 6 heteroatoms. The van der Waals surface area contributed by atoms with Crippen LogP contribution in [0.5, 0.6) is 0 Å². The van der Waals surface area contributed by atoms with E-state index in [0.29, 0.717) is 0 Å². The highest BCUT2D eigenvalue weighted by molar-refractivity contribution is 5.90. The van der Waals surface area contributed by atoms with E-state index in [2.05, 4.69) is 0 Å². The molecule has 0 fully saturated rings. The molecule has 13 heavy (non-hydrogen) atoms. The molecule has 0 unspecified atom stereocenters. The van der Waals surface area contributed by atoms with Gasteiger partial charge in [-0.1, -0.05) is 0 Å². The number of hydrogen-bond acceptors (Lipinski definition) is 5. The van der Waals surface area contributed by atoms with E-state index in [0.717, 1.165) is 6.26 Å². The Bertz CT molecular complexity index is 331. The van der Waals surface area contributed by atoms with E-state index in [9.17, 15) is 4.79 Å². The fourth-order valence-corrected chi connectivity index (χ4v) is 0.756. The van der Waals surface area contributed by atoms with Crippen molar-refractivity contribution in [1.29, 1.82) is 0 Å². The van der Waals surface area contributed by atoms with Crippen LogP contribution in [-0.2, 0) is 23.7 Å². The highest BCUT2D eigenvalue weighted by atomic mass is 16.8. The van der Waals surface area contributed by atoms with E-state index in [-0.39, 0.29) is 17.6 Å². The van der Waals surface area contributed by atoms with E-state index in [1.165, 1.54) is 12.5 Å². The van der Waals surface area contributed by atoms with Crippen LogP contribution in [0, 0.1) is 0 Å². The summed E-state index contributed by atoms with van der Waals surface area (Å²) in [4.78, 5) is 10.6. The largest absolute Gasteiger partial charge is 0.425 e. The first-order valence-corrected chi connectivity index (χ1v) is 3.34. The standard InChI is InChI=1S/C7H5NO5/c8-5(9)4-3-12-7(13-4)6-10-1-2-11-6/h1-3H,(H2,8,9). The summed E-state index contributed by atoms with van der Waals surface area (Å²) < 4.78 is 19.3. The Morgan fingerprint density at radius 3 is 2.38 bits per heavy atom. The number of hydrogen-bond donors (Lipinski definition) is 1. The summed E-state index contributed by atoms with van der Waals surface area (Å²) in [5.41, 5.74) is 4.93. The molecular weight excluding hydrogens is 178 g/mol. The van der Waals surface area contributed by atoms with Crippen LogP contribution >= 0.6 is 0 Å². The number of amides is 1. The highest BCUT2D eigenvalue weighted by Crippen LogP contribution is 2.24. The molecule has 0 aromatic carbocycles. The van der Waals surface area contributed by atoms with Crippen molar-refractivity contribution in [2.24, 2.45) is 5.73 Å². The van der Waals surface area contributed by atoms with Crippen LogP contribution in [-0.4, -0.2) is 5.91 Å². The Hall–Kier alpha value is -2.11. The molecule has 2 aliphatic heterocycles.